The highest BCUT2D eigenvalue weighted by atomic mass is 32.2. The number of thioether (sulfide) groups is 1. The monoisotopic (exact) mass is 586 g/mol. The molecule has 210 valence electrons. The molecular weight excluding hydrogens is 557 g/mol. The number of hydrogen-bond acceptors (Lipinski definition) is 7. The van der Waals surface area contributed by atoms with Crippen LogP contribution >= 0.6 is 24.0 Å². The second-order valence-corrected chi connectivity index (χ2v) is 12.3. The number of thiocarbonyl (C=S) groups is 1. The van der Waals surface area contributed by atoms with Crippen LogP contribution in [0.25, 0.3) is 17.4 Å². The number of nitrogens with zero attached hydrogens (tertiary/aromatic N) is 6. The third-order valence-electron chi connectivity index (χ3n) is 7.84. The summed E-state index contributed by atoms with van der Waals surface area (Å²) in [6.07, 6.45) is 5.42. The molecule has 0 bridgehead atoms. The number of fused-ring (bicyclic) bond motifs is 1. The Bertz CT molecular complexity index is 1870. The number of aryl methyl sites for hydroxylation is 1. The number of benzene rings is 1. The molecule has 5 heterocycles. The number of hydrogen-bond donors (Lipinski definition) is 0. The van der Waals surface area contributed by atoms with E-state index in [2.05, 4.69) is 11.8 Å². The molecule has 9 nitrogen and oxygen atoms in total. The average Bonchev–Trinajstić information content (AvgIpc) is 3.35. The molecule has 0 spiro atoms. The number of amides is 1. The van der Waals surface area contributed by atoms with Crippen LogP contribution in [0.1, 0.15) is 36.6 Å². The van der Waals surface area contributed by atoms with Crippen molar-refractivity contribution in [2.75, 3.05) is 22.9 Å². The smallest absolute Gasteiger partial charge is 0.296 e. The van der Waals surface area contributed by atoms with E-state index in [0.29, 0.717) is 34.3 Å². The summed E-state index contributed by atoms with van der Waals surface area (Å²) >= 11 is 6.73. The molecule has 0 radical (unpaired) electrons. The second-order valence-electron chi connectivity index (χ2n) is 10.7. The summed E-state index contributed by atoms with van der Waals surface area (Å²) in [7, 11) is 1.77. The highest BCUT2D eigenvalue weighted by Gasteiger charge is 2.38. The van der Waals surface area contributed by atoms with Crippen LogP contribution in [0.3, 0.4) is 0 Å². The Morgan fingerprint density at radius 2 is 1.80 bits per heavy atom. The lowest BCUT2D eigenvalue weighted by Gasteiger charge is -2.32. The standard InChI is InChI=1S/C30H30N6O3S2/c1-18-10-8-14-33(17-18)26-22(27(37)34-15-9-11-19(2)25(34)31-26)16-23-28(38)35(30(40)41-23)24-20(3)32(4)36(29(24)39)21-12-6-5-7-13-21/h5-7,9,11-13,15-16,18H,8,10,14,17H2,1-4H3. The fraction of sp³-hybridized carbons (Fsp3) is 0.300. The van der Waals surface area contributed by atoms with Gasteiger partial charge in [-0.25, -0.2) is 9.67 Å². The zero-order chi connectivity index (χ0) is 29.0. The van der Waals surface area contributed by atoms with E-state index in [-0.39, 0.29) is 26.0 Å². The van der Waals surface area contributed by atoms with Crippen molar-refractivity contribution in [1.29, 1.82) is 0 Å². The maximum absolute atomic E-state index is 13.9. The van der Waals surface area contributed by atoms with Crippen LogP contribution in [0.4, 0.5) is 11.5 Å². The van der Waals surface area contributed by atoms with Gasteiger partial charge in [-0.1, -0.05) is 55.2 Å². The van der Waals surface area contributed by atoms with Crippen molar-refractivity contribution in [1.82, 2.24) is 18.7 Å². The van der Waals surface area contributed by atoms with Gasteiger partial charge in [-0.15, -0.1) is 0 Å². The Labute approximate surface area is 246 Å². The molecule has 4 aromatic rings. The Hall–Kier alpha value is -3.96. The molecule has 2 saturated heterocycles. The van der Waals surface area contributed by atoms with Crippen LogP contribution in [0.15, 0.2) is 63.2 Å². The molecule has 1 amide bonds. The molecule has 0 N–H and O–H groups in total. The van der Waals surface area contributed by atoms with E-state index < -0.39 is 5.91 Å². The maximum atomic E-state index is 13.9. The van der Waals surface area contributed by atoms with Crippen molar-refractivity contribution >= 4 is 57.4 Å². The predicted molar refractivity (Wildman–Crippen MR) is 168 cm³/mol. The number of aromatic nitrogens is 4. The van der Waals surface area contributed by atoms with Gasteiger partial charge in [0.2, 0.25) is 0 Å². The van der Waals surface area contributed by atoms with Gasteiger partial charge in [-0.05, 0) is 62.4 Å². The summed E-state index contributed by atoms with van der Waals surface area (Å²) in [6.45, 7) is 7.47. The summed E-state index contributed by atoms with van der Waals surface area (Å²) < 4.78 is 5.00. The molecule has 11 heteroatoms. The van der Waals surface area contributed by atoms with E-state index in [1.165, 1.54) is 14.0 Å². The molecular formula is C30H30N6O3S2. The number of piperidine rings is 1. The summed E-state index contributed by atoms with van der Waals surface area (Å²) in [5.41, 5.74) is 2.72. The van der Waals surface area contributed by atoms with Gasteiger partial charge in [-0.2, -0.15) is 0 Å². The van der Waals surface area contributed by atoms with Gasteiger partial charge in [0.25, 0.3) is 17.0 Å². The lowest BCUT2D eigenvalue weighted by Crippen LogP contribution is -2.37. The number of rotatable bonds is 4. The highest BCUT2D eigenvalue weighted by Crippen LogP contribution is 2.37. The van der Waals surface area contributed by atoms with Crippen molar-refractivity contribution in [3.05, 3.63) is 91.1 Å². The van der Waals surface area contributed by atoms with Crippen LogP contribution < -0.4 is 20.9 Å². The van der Waals surface area contributed by atoms with Crippen molar-refractivity contribution < 1.29 is 4.79 Å². The number of carbonyl (C=O) groups excluding carboxylic acids is 1. The Morgan fingerprint density at radius 1 is 1.05 bits per heavy atom. The Morgan fingerprint density at radius 3 is 2.54 bits per heavy atom. The van der Waals surface area contributed by atoms with Gasteiger partial charge in [-0.3, -0.25) is 28.4 Å². The predicted octanol–water partition coefficient (Wildman–Crippen LogP) is 4.44. The molecule has 2 aliphatic heterocycles. The fourth-order valence-electron chi connectivity index (χ4n) is 5.65. The van der Waals surface area contributed by atoms with Gasteiger partial charge in [0.1, 0.15) is 17.2 Å². The largest absolute Gasteiger partial charge is 0.356 e. The first-order chi connectivity index (χ1) is 19.7. The molecule has 3 aromatic heterocycles. The van der Waals surface area contributed by atoms with Crippen LogP contribution in [0, 0.1) is 19.8 Å². The van der Waals surface area contributed by atoms with Gasteiger partial charge >= 0.3 is 0 Å². The van der Waals surface area contributed by atoms with E-state index in [9.17, 15) is 14.4 Å². The minimum absolute atomic E-state index is 0.205. The number of carbonyl (C=O) groups is 1. The Kier molecular flexibility index (Phi) is 6.95. The quantitative estimate of drug-likeness (QED) is 0.258. The highest BCUT2D eigenvalue weighted by molar-refractivity contribution is 8.27. The fourth-order valence-corrected chi connectivity index (χ4v) is 6.91. The van der Waals surface area contributed by atoms with Gasteiger partial charge in [0.05, 0.1) is 21.8 Å². The number of anilines is 2. The average molecular weight is 587 g/mol. The summed E-state index contributed by atoms with van der Waals surface area (Å²) in [4.78, 5) is 50.1. The second kappa shape index (κ2) is 10.5. The molecule has 1 unspecified atom stereocenters. The summed E-state index contributed by atoms with van der Waals surface area (Å²) in [6, 6.07) is 13.0. The Balaban J connectivity index is 1.48. The van der Waals surface area contributed by atoms with Crippen molar-refractivity contribution in [3.8, 4) is 5.69 Å². The molecule has 0 saturated carbocycles. The van der Waals surface area contributed by atoms with E-state index in [1.54, 1.807) is 30.9 Å². The van der Waals surface area contributed by atoms with Gasteiger partial charge < -0.3 is 4.90 Å². The zero-order valence-corrected chi connectivity index (χ0v) is 25.0. The van der Waals surface area contributed by atoms with Crippen LogP contribution in [-0.4, -0.2) is 42.1 Å². The SMILES string of the molecule is Cc1cccn2c(=O)c(C=C3SC(=S)N(c4c(C)n(C)n(-c5ccccc5)c4=O)C3=O)c(N3CCCC(C)C3)nc12. The van der Waals surface area contributed by atoms with Crippen molar-refractivity contribution in [2.45, 2.75) is 33.6 Å². The van der Waals surface area contributed by atoms with Gasteiger partial charge in [0.15, 0.2) is 4.32 Å². The molecule has 41 heavy (non-hydrogen) atoms. The third-order valence-corrected chi connectivity index (χ3v) is 9.14. The van der Waals surface area contributed by atoms with Crippen molar-refractivity contribution in [2.24, 2.45) is 13.0 Å². The van der Waals surface area contributed by atoms with Crippen LogP contribution in [-0.2, 0) is 11.8 Å². The zero-order valence-electron chi connectivity index (χ0n) is 23.3. The third kappa shape index (κ3) is 4.53. The van der Waals surface area contributed by atoms with Crippen molar-refractivity contribution in [3.63, 3.8) is 0 Å². The first-order valence-corrected chi connectivity index (χ1v) is 14.8. The summed E-state index contributed by atoms with van der Waals surface area (Å²) in [5.74, 6) is 0.598. The molecule has 2 fully saturated rings. The van der Waals surface area contributed by atoms with Crippen LogP contribution in [0.2, 0.25) is 0 Å². The first kappa shape index (κ1) is 27.2. The number of para-hydroxylation sites is 1. The molecule has 1 atom stereocenters. The maximum Gasteiger partial charge on any atom is 0.296 e. The van der Waals surface area contributed by atoms with E-state index in [0.717, 1.165) is 43.3 Å². The van der Waals surface area contributed by atoms with E-state index in [4.69, 9.17) is 17.2 Å². The van der Waals surface area contributed by atoms with E-state index >= 15 is 0 Å². The van der Waals surface area contributed by atoms with Crippen LogP contribution in [0.5, 0.6) is 0 Å². The molecule has 1 aromatic carbocycles. The molecule has 0 aliphatic carbocycles. The summed E-state index contributed by atoms with van der Waals surface area (Å²) in [5, 5.41) is 0. The minimum Gasteiger partial charge on any atom is -0.356 e. The number of pyridine rings is 1. The molecule has 2 aliphatic rings. The van der Waals surface area contributed by atoms with E-state index in [1.807, 2.05) is 49.4 Å². The molecule has 6 rings (SSSR count). The first-order valence-electron chi connectivity index (χ1n) is 13.6. The topological polar surface area (TPSA) is 84.8 Å². The lowest BCUT2D eigenvalue weighted by molar-refractivity contribution is -0.113. The lowest BCUT2D eigenvalue weighted by atomic mass is 10.00. The minimum atomic E-state index is -0.433. The normalized spacial score (nSPS) is 18.7. The van der Waals surface area contributed by atoms with Gasteiger partial charge in [0, 0.05) is 26.3 Å².